The molecule has 2 atom stereocenters. The summed E-state index contributed by atoms with van der Waals surface area (Å²) < 4.78 is 11.6. The molecule has 0 radical (unpaired) electrons. The Morgan fingerprint density at radius 2 is 2.19 bits per heavy atom. The molecule has 1 fully saturated rings. The largest absolute Gasteiger partial charge is 0.489 e. The average Bonchev–Trinajstić information content (AvgIpc) is 2.90. The Morgan fingerprint density at radius 1 is 1.35 bits per heavy atom. The Kier molecular flexibility index (Phi) is 6.57. The second kappa shape index (κ2) is 9.09. The standard InChI is InChI=1S/C19H29N3O4/c1-2-5-21-14-9-15(18-17(10-14)25-7-3-8-26-18)19(24)22-11-13-4-6-20-12-16(13)23/h9-10,13,16,20-21,23H,2-8,11-12H2,1H3,(H,22,24)/t13-,16?/m0/s1. The van der Waals surface area contributed by atoms with Gasteiger partial charge in [-0.3, -0.25) is 4.79 Å². The zero-order chi connectivity index (χ0) is 18.4. The Bertz CT molecular complexity index is 623. The van der Waals surface area contributed by atoms with E-state index in [-0.39, 0.29) is 11.8 Å². The molecule has 0 aromatic heterocycles. The third-order valence-corrected chi connectivity index (χ3v) is 4.79. The highest BCUT2D eigenvalue weighted by Gasteiger charge is 2.25. The lowest BCUT2D eigenvalue weighted by atomic mass is 9.95. The van der Waals surface area contributed by atoms with E-state index >= 15 is 0 Å². The van der Waals surface area contributed by atoms with Gasteiger partial charge in [-0.15, -0.1) is 0 Å². The summed E-state index contributed by atoms with van der Waals surface area (Å²) in [6.45, 7) is 5.90. The first kappa shape index (κ1) is 18.8. The van der Waals surface area contributed by atoms with Crippen LogP contribution in [0.1, 0.15) is 36.5 Å². The molecule has 0 aliphatic carbocycles. The van der Waals surface area contributed by atoms with Gasteiger partial charge in [-0.25, -0.2) is 0 Å². The minimum atomic E-state index is -0.432. The van der Waals surface area contributed by atoms with E-state index in [0.29, 0.717) is 43.4 Å². The summed E-state index contributed by atoms with van der Waals surface area (Å²) in [6, 6.07) is 3.71. The Hall–Kier alpha value is -1.99. The summed E-state index contributed by atoms with van der Waals surface area (Å²) >= 11 is 0. The molecule has 144 valence electrons. The van der Waals surface area contributed by atoms with Crippen LogP contribution < -0.4 is 25.4 Å². The number of aliphatic hydroxyl groups excluding tert-OH is 1. The van der Waals surface area contributed by atoms with Crippen LogP contribution in [0.15, 0.2) is 12.1 Å². The molecule has 2 aliphatic rings. The molecule has 1 saturated heterocycles. The van der Waals surface area contributed by atoms with Crippen LogP contribution in [-0.4, -0.2) is 56.5 Å². The normalized spacial score (nSPS) is 22.4. The van der Waals surface area contributed by atoms with Crippen molar-refractivity contribution in [2.45, 2.75) is 32.3 Å². The van der Waals surface area contributed by atoms with Gasteiger partial charge in [0.15, 0.2) is 11.5 Å². The van der Waals surface area contributed by atoms with Crippen LogP contribution in [0.5, 0.6) is 11.5 Å². The van der Waals surface area contributed by atoms with Crippen LogP contribution in [0.4, 0.5) is 5.69 Å². The number of nitrogens with one attached hydrogen (secondary N) is 3. The smallest absolute Gasteiger partial charge is 0.255 e. The van der Waals surface area contributed by atoms with Gasteiger partial charge in [-0.2, -0.15) is 0 Å². The molecule has 0 spiro atoms. The van der Waals surface area contributed by atoms with Gasteiger partial charge in [0.1, 0.15) is 0 Å². The Labute approximate surface area is 154 Å². The van der Waals surface area contributed by atoms with E-state index in [1.807, 2.05) is 12.1 Å². The molecule has 1 unspecified atom stereocenters. The quantitative estimate of drug-likeness (QED) is 0.610. The number of carbonyl (C=O) groups is 1. The first-order chi connectivity index (χ1) is 12.7. The van der Waals surface area contributed by atoms with E-state index in [1.165, 1.54) is 0 Å². The van der Waals surface area contributed by atoms with Crippen molar-refractivity contribution in [1.29, 1.82) is 0 Å². The number of fused-ring (bicyclic) bond motifs is 1. The fourth-order valence-electron chi connectivity index (χ4n) is 3.27. The topological polar surface area (TPSA) is 91.9 Å². The highest BCUT2D eigenvalue weighted by atomic mass is 16.5. The first-order valence-electron chi connectivity index (χ1n) is 9.53. The van der Waals surface area contributed by atoms with E-state index in [0.717, 1.165) is 38.0 Å². The Morgan fingerprint density at radius 3 is 3.00 bits per heavy atom. The summed E-state index contributed by atoms with van der Waals surface area (Å²) in [5.41, 5.74) is 1.33. The maximum absolute atomic E-state index is 12.8. The summed E-state index contributed by atoms with van der Waals surface area (Å²) in [5, 5.41) is 19.5. The lowest BCUT2D eigenvalue weighted by molar-refractivity contribution is 0.0752. The average molecular weight is 363 g/mol. The monoisotopic (exact) mass is 363 g/mol. The number of piperidine rings is 1. The van der Waals surface area contributed by atoms with Crippen LogP contribution >= 0.6 is 0 Å². The predicted molar refractivity (Wildman–Crippen MR) is 100 cm³/mol. The molecule has 26 heavy (non-hydrogen) atoms. The van der Waals surface area contributed by atoms with Crippen molar-refractivity contribution in [2.75, 3.05) is 44.7 Å². The van der Waals surface area contributed by atoms with Gasteiger partial charge in [0, 0.05) is 43.7 Å². The number of β-amino-alcohol motifs (C(OH)–C–C–N with tert-alkyl or cyclic N) is 1. The molecule has 0 saturated carbocycles. The minimum Gasteiger partial charge on any atom is -0.489 e. The number of carbonyl (C=O) groups excluding carboxylic acids is 1. The molecule has 1 aromatic rings. The van der Waals surface area contributed by atoms with E-state index in [4.69, 9.17) is 9.47 Å². The molecule has 0 bridgehead atoms. The van der Waals surface area contributed by atoms with Crippen molar-refractivity contribution >= 4 is 11.6 Å². The molecule has 7 nitrogen and oxygen atoms in total. The lowest BCUT2D eigenvalue weighted by Gasteiger charge is -2.28. The summed E-state index contributed by atoms with van der Waals surface area (Å²) in [6.07, 6.45) is 2.19. The van der Waals surface area contributed by atoms with E-state index < -0.39 is 6.10 Å². The number of benzene rings is 1. The van der Waals surface area contributed by atoms with Crippen LogP contribution in [0.25, 0.3) is 0 Å². The van der Waals surface area contributed by atoms with Crippen molar-refractivity contribution in [3.8, 4) is 11.5 Å². The van der Waals surface area contributed by atoms with Crippen molar-refractivity contribution in [3.05, 3.63) is 17.7 Å². The third kappa shape index (κ3) is 4.59. The second-order valence-corrected chi connectivity index (χ2v) is 6.86. The number of anilines is 1. The van der Waals surface area contributed by atoms with Gasteiger partial charge in [-0.1, -0.05) is 6.92 Å². The van der Waals surface area contributed by atoms with Crippen molar-refractivity contribution in [1.82, 2.24) is 10.6 Å². The number of aliphatic hydroxyl groups is 1. The molecule has 3 rings (SSSR count). The molecular formula is C19H29N3O4. The van der Waals surface area contributed by atoms with Gasteiger partial charge in [0.25, 0.3) is 5.91 Å². The highest BCUT2D eigenvalue weighted by molar-refractivity contribution is 5.99. The molecule has 4 N–H and O–H groups in total. The molecular weight excluding hydrogens is 334 g/mol. The lowest BCUT2D eigenvalue weighted by Crippen LogP contribution is -2.45. The second-order valence-electron chi connectivity index (χ2n) is 6.86. The maximum atomic E-state index is 12.8. The van der Waals surface area contributed by atoms with Gasteiger partial charge in [0.2, 0.25) is 0 Å². The molecule has 7 heteroatoms. The zero-order valence-electron chi connectivity index (χ0n) is 15.3. The molecule has 1 amide bonds. The third-order valence-electron chi connectivity index (χ3n) is 4.79. The fraction of sp³-hybridized carbons (Fsp3) is 0.632. The maximum Gasteiger partial charge on any atom is 0.255 e. The van der Waals surface area contributed by atoms with E-state index in [1.54, 1.807) is 0 Å². The molecule has 2 heterocycles. The first-order valence-corrected chi connectivity index (χ1v) is 9.53. The van der Waals surface area contributed by atoms with E-state index in [2.05, 4.69) is 22.9 Å². The SMILES string of the molecule is CCCNc1cc2c(c(C(=O)NC[C@@H]3CCNCC3O)c1)OCCCO2. The number of ether oxygens (including phenoxy) is 2. The van der Waals surface area contributed by atoms with E-state index in [9.17, 15) is 9.90 Å². The highest BCUT2D eigenvalue weighted by Crippen LogP contribution is 2.36. The van der Waals surface area contributed by atoms with Crippen molar-refractivity contribution in [2.24, 2.45) is 5.92 Å². The summed E-state index contributed by atoms with van der Waals surface area (Å²) in [5.74, 6) is 0.985. The fourth-order valence-corrected chi connectivity index (χ4v) is 3.27. The van der Waals surface area contributed by atoms with Crippen molar-refractivity contribution < 1.29 is 19.4 Å². The van der Waals surface area contributed by atoms with Crippen LogP contribution in [-0.2, 0) is 0 Å². The predicted octanol–water partition coefficient (Wildman–Crippen LogP) is 1.37. The van der Waals surface area contributed by atoms with Crippen molar-refractivity contribution in [3.63, 3.8) is 0 Å². The number of amides is 1. The van der Waals surface area contributed by atoms with Crippen LogP contribution in [0, 0.1) is 5.92 Å². The van der Waals surface area contributed by atoms with Gasteiger partial charge < -0.3 is 30.5 Å². The van der Waals surface area contributed by atoms with Gasteiger partial charge >= 0.3 is 0 Å². The number of hydrogen-bond acceptors (Lipinski definition) is 6. The summed E-state index contributed by atoms with van der Waals surface area (Å²) in [4.78, 5) is 12.8. The molecule has 2 aliphatic heterocycles. The van der Waals surface area contributed by atoms with Gasteiger partial charge in [-0.05, 0) is 25.5 Å². The molecule has 1 aromatic carbocycles. The zero-order valence-corrected chi connectivity index (χ0v) is 15.3. The van der Waals surface area contributed by atoms with Gasteiger partial charge in [0.05, 0.1) is 24.9 Å². The Balaban J connectivity index is 1.76. The number of hydrogen-bond donors (Lipinski definition) is 4. The number of rotatable bonds is 6. The summed E-state index contributed by atoms with van der Waals surface area (Å²) in [7, 11) is 0. The van der Waals surface area contributed by atoms with Crippen LogP contribution in [0.3, 0.4) is 0 Å². The minimum absolute atomic E-state index is 0.0670. The van der Waals surface area contributed by atoms with Crippen LogP contribution in [0.2, 0.25) is 0 Å².